The van der Waals surface area contributed by atoms with Crippen molar-refractivity contribution >= 4 is 0 Å². The quantitative estimate of drug-likeness (QED) is 0.181. The van der Waals surface area contributed by atoms with Crippen LogP contribution in [0.15, 0.2) is 11.6 Å². The molecule has 254 valence electrons. The van der Waals surface area contributed by atoms with E-state index in [1.165, 1.54) is 5.57 Å². The number of rotatable bonds is 7. The number of allylic oxidation sites excluding steroid dienone is 2. The zero-order chi connectivity index (χ0) is 32.7. The molecule has 1 heterocycles. The highest BCUT2D eigenvalue weighted by atomic mass is 16.7. The zero-order valence-electron chi connectivity index (χ0n) is 28.6. The third kappa shape index (κ3) is 4.99. The van der Waals surface area contributed by atoms with Gasteiger partial charge in [0.15, 0.2) is 6.29 Å². The Morgan fingerprint density at radius 1 is 0.886 bits per heavy atom. The van der Waals surface area contributed by atoms with Crippen molar-refractivity contribution in [2.24, 2.45) is 39.4 Å². The second-order valence-electron chi connectivity index (χ2n) is 17.3. The molecule has 5 rings (SSSR count). The third-order valence-corrected chi connectivity index (χ3v) is 14.6. The highest BCUT2D eigenvalue weighted by molar-refractivity contribution is 5.24. The Bertz CT molecular complexity index is 1080. The van der Waals surface area contributed by atoms with E-state index in [9.17, 15) is 30.6 Å². The van der Waals surface area contributed by atoms with Crippen LogP contribution in [0.5, 0.6) is 0 Å². The fourth-order valence-corrected chi connectivity index (χ4v) is 11.9. The van der Waals surface area contributed by atoms with Crippen LogP contribution in [0.25, 0.3) is 0 Å². The Morgan fingerprint density at radius 2 is 1.55 bits per heavy atom. The fraction of sp³-hybridized carbons (Fsp3) is 0.944. The van der Waals surface area contributed by atoms with Gasteiger partial charge in [0, 0.05) is 11.3 Å². The molecule has 0 aromatic carbocycles. The second-order valence-corrected chi connectivity index (χ2v) is 17.3. The van der Waals surface area contributed by atoms with Gasteiger partial charge < -0.3 is 40.1 Å². The van der Waals surface area contributed by atoms with Crippen LogP contribution in [0.3, 0.4) is 0 Å². The van der Waals surface area contributed by atoms with E-state index in [1.54, 1.807) is 0 Å². The summed E-state index contributed by atoms with van der Waals surface area (Å²) in [5.74, 6) is 0.616. The number of aliphatic hydroxyl groups is 6. The van der Waals surface area contributed by atoms with Crippen molar-refractivity contribution in [2.45, 2.75) is 168 Å². The number of hydrogen-bond donors (Lipinski definition) is 6. The standard InChI is InChI=1S/C36H62O8/c1-21(2)10-9-15-34(7,41)25-12-18-35(8)33(6)17-11-23-31(3,4)26(14-16-32(23,5)24(33)13-19-36(25,35)42)44-30-29(40)28(39)27(38)22(20-37)43-30/h10,22-30,37-42H,9,11-20H2,1-8H3/t22?,23-,24+,25+,26-,27+,28?,29?,30-,32-,33+,34?,35-,36-/m0/s1. The highest BCUT2D eigenvalue weighted by Crippen LogP contribution is 2.77. The number of fused-ring (bicyclic) bond motifs is 5. The van der Waals surface area contributed by atoms with Crippen molar-refractivity contribution in [3.8, 4) is 0 Å². The Hall–Kier alpha value is -0.580. The topological polar surface area (TPSA) is 140 Å². The highest BCUT2D eigenvalue weighted by Gasteiger charge is 2.74. The molecule has 0 bridgehead atoms. The van der Waals surface area contributed by atoms with Gasteiger partial charge in [-0.1, -0.05) is 46.3 Å². The summed E-state index contributed by atoms with van der Waals surface area (Å²) in [5.41, 5.74) is -1.17. The lowest BCUT2D eigenvalue weighted by Crippen LogP contribution is -2.69. The van der Waals surface area contributed by atoms with Gasteiger partial charge in [-0.15, -0.1) is 0 Å². The van der Waals surface area contributed by atoms with E-state index in [1.807, 2.05) is 6.92 Å². The molecule has 0 radical (unpaired) electrons. The molecule has 1 aliphatic heterocycles. The van der Waals surface area contributed by atoms with Crippen LogP contribution >= 0.6 is 0 Å². The summed E-state index contributed by atoms with van der Waals surface area (Å²) in [6.45, 7) is 17.4. The Kier molecular flexibility index (Phi) is 9.11. The molecule has 14 atom stereocenters. The molecule has 5 fully saturated rings. The summed E-state index contributed by atoms with van der Waals surface area (Å²) in [4.78, 5) is 0. The van der Waals surface area contributed by atoms with E-state index >= 15 is 0 Å². The number of ether oxygens (including phenoxy) is 2. The lowest BCUT2D eigenvalue weighted by molar-refractivity contribution is -0.333. The first-order valence-electron chi connectivity index (χ1n) is 17.3. The van der Waals surface area contributed by atoms with E-state index in [0.29, 0.717) is 24.7 Å². The number of aliphatic hydroxyl groups excluding tert-OH is 4. The lowest BCUT2D eigenvalue weighted by atomic mass is 9.34. The van der Waals surface area contributed by atoms with Crippen LogP contribution in [0.2, 0.25) is 0 Å². The van der Waals surface area contributed by atoms with Crippen molar-refractivity contribution in [3.05, 3.63) is 11.6 Å². The van der Waals surface area contributed by atoms with Crippen LogP contribution in [0, 0.1) is 39.4 Å². The van der Waals surface area contributed by atoms with Crippen LogP contribution in [-0.2, 0) is 9.47 Å². The number of hydrogen-bond acceptors (Lipinski definition) is 8. The SMILES string of the molecule is CC(C)=CCCC(C)(O)[C@H]1CC[C@@]2(C)[C@]3(C)CC[C@H]4C(C)(C)[C@@H](O[C@@H]5OC(CO)[C@@H](O)C(O)C5O)CC[C@]4(C)[C@H]3CC[C@]12O. The van der Waals surface area contributed by atoms with Gasteiger partial charge in [0.1, 0.15) is 24.4 Å². The largest absolute Gasteiger partial charge is 0.394 e. The van der Waals surface area contributed by atoms with Gasteiger partial charge in [0.2, 0.25) is 0 Å². The molecule has 5 aliphatic rings. The maximum Gasteiger partial charge on any atom is 0.186 e. The molecular formula is C36H62O8. The maximum atomic E-state index is 12.7. The molecule has 6 N–H and O–H groups in total. The lowest BCUT2D eigenvalue weighted by Gasteiger charge is -2.71. The van der Waals surface area contributed by atoms with Crippen molar-refractivity contribution < 1.29 is 40.1 Å². The molecule has 8 nitrogen and oxygen atoms in total. The maximum absolute atomic E-state index is 12.7. The van der Waals surface area contributed by atoms with E-state index in [4.69, 9.17) is 9.47 Å². The normalized spacial score (nSPS) is 51.5. The average molecular weight is 623 g/mol. The molecule has 0 aromatic rings. The molecule has 44 heavy (non-hydrogen) atoms. The molecule has 4 unspecified atom stereocenters. The summed E-state index contributed by atoms with van der Waals surface area (Å²) < 4.78 is 12.2. The van der Waals surface area contributed by atoms with Crippen LogP contribution in [-0.4, -0.2) is 85.3 Å². The van der Waals surface area contributed by atoms with Gasteiger partial charge >= 0.3 is 0 Å². The van der Waals surface area contributed by atoms with E-state index in [-0.39, 0.29) is 33.7 Å². The average Bonchev–Trinajstić information content (AvgIpc) is 3.22. The second kappa shape index (κ2) is 11.5. The van der Waals surface area contributed by atoms with E-state index < -0.39 is 48.5 Å². The molecular weight excluding hydrogens is 560 g/mol. The minimum atomic E-state index is -1.46. The monoisotopic (exact) mass is 622 g/mol. The van der Waals surface area contributed by atoms with E-state index in [2.05, 4.69) is 54.5 Å². The minimum Gasteiger partial charge on any atom is -0.394 e. The Balaban J connectivity index is 1.37. The Morgan fingerprint density at radius 3 is 2.18 bits per heavy atom. The first-order chi connectivity index (χ1) is 20.3. The summed E-state index contributed by atoms with van der Waals surface area (Å²) in [6, 6.07) is 0. The van der Waals surface area contributed by atoms with Gasteiger partial charge in [-0.3, -0.25) is 0 Å². The summed E-state index contributed by atoms with van der Waals surface area (Å²) in [6.07, 6.45) is 4.18. The van der Waals surface area contributed by atoms with Gasteiger partial charge in [0.25, 0.3) is 0 Å². The van der Waals surface area contributed by atoms with Crippen molar-refractivity contribution in [1.29, 1.82) is 0 Å². The summed E-state index contributed by atoms with van der Waals surface area (Å²) in [5, 5.41) is 65.5. The first kappa shape index (κ1) is 34.7. The Labute approximate surface area is 265 Å². The van der Waals surface area contributed by atoms with Crippen molar-refractivity contribution in [2.75, 3.05) is 6.61 Å². The molecule has 4 saturated carbocycles. The molecule has 0 amide bonds. The molecule has 1 saturated heterocycles. The fourth-order valence-electron chi connectivity index (χ4n) is 11.9. The first-order valence-corrected chi connectivity index (χ1v) is 17.3. The predicted octanol–water partition coefficient (Wildman–Crippen LogP) is 4.47. The minimum absolute atomic E-state index is 0.0279. The van der Waals surface area contributed by atoms with E-state index in [0.717, 1.165) is 51.4 Å². The molecule has 0 spiro atoms. The van der Waals surface area contributed by atoms with Gasteiger partial charge in [-0.2, -0.15) is 0 Å². The predicted molar refractivity (Wildman–Crippen MR) is 168 cm³/mol. The van der Waals surface area contributed by atoms with Crippen LogP contribution < -0.4 is 0 Å². The van der Waals surface area contributed by atoms with Crippen LogP contribution in [0.4, 0.5) is 0 Å². The molecule has 0 aromatic heterocycles. The smallest absolute Gasteiger partial charge is 0.186 e. The summed E-state index contributed by atoms with van der Waals surface area (Å²) >= 11 is 0. The molecule has 8 heteroatoms. The molecule has 4 aliphatic carbocycles. The van der Waals surface area contributed by atoms with Gasteiger partial charge in [0.05, 0.1) is 23.9 Å². The van der Waals surface area contributed by atoms with Gasteiger partial charge in [-0.05, 0) is 113 Å². The zero-order valence-corrected chi connectivity index (χ0v) is 28.6. The van der Waals surface area contributed by atoms with Crippen molar-refractivity contribution in [1.82, 2.24) is 0 Å². The summed E-state index contributed by atoms with van der Waals surface area (Å²) in [7, 11) is 0. The van der Waals surface area contributed by atoms with Crippen LogP contribution in [0.1, 0.15) is 120 Å². The van der Waals surface area contributed by atoms with Gasteiger partial charge in [-0.25, -0.2) is 0 Å². The third-order valence-electron chi connectivity index (χ3n) is 14.6. The van der Waals surface area contributed by atoms with Crippen molar-refractivity contribution in [3.63, 3.8) is 0 Å².